The van der Waals surface area contributed by atoms with Crippen molar-refractivity contribution in [1.82, 2.24) is 4.98 Å². The largest absolute Gasteiger partial charge is 0.512 e. The minimum absolute atomic E-state index is 0. The molecule has 2 heterocycles. The number of carbonyl (C=O) groups is 1. The Labute approximate surface area is 239 Å². The van der Waals surface area contributed by atoms with E-state index in [0.717, 1.165) is 35.3 Å². The first-order valence-electron chi connectivity index (χ1n) is 13.2. The summed E-state index contributed by atoms with van der Waals surface area (Å²) in [5.74, 6) is -0.0625. The Morgan fingerprint density at radius 2 is 1.84 bits per heavy atom. The molecule has 2 aromatic carbocycles. The molecule has 0 amide bonds. The number of aromatic nitrogens is 1. The van der Waals surface area contributed by atoms with Crippen molar-refractivity contribution in [3.63, 3.8) is 0 Å². The fourth-order valence-electron chi connectivity index (χ4n) is 5.22. The number of aliphatic hydroxyl groups excluding tert-OH is 1. The molecule has 1 radical (unpaired) electrons. The molecule has 5 rings (SSSR count). The summed E-state index contributed by atoms with van der Waals surface area (Å²) in [6, 6.07) is 12.1. The van der Waals surface area contributed by atoms with Crippen LogP contribution in [0.25, 0.3) is 33.2 Å². The van der Waals surface area contributed by atoms with E-state index in [4.69, 9.17) is 14.5 Å². The van der Waals surface area contributed by atoms with E-state index in [1.165, 1.54) is 72.2 Å². The van der Waals surface area contributed by atoms with Gasteiger partial charge in [-0.25, -0.2) is 0 Å². The van der Waals surface area contributed by atoms with Gasteiger partial charge in [0.25, 0.3) is 0 Å². The van der Waals surface area contributed by atoms with E-state index in [2.05, 4.69) is 65.0 Å². The maximum atomic E-state index is 10.0. The molecule has 38 heavy (non-hydrogen) atoms. The van der Waals surface area contributed by atoms with Gasteiger partial charge in [0.15, 0.2) is 5.78 Å². The van der Waals surface area contributed by atoms with Crippen molar-refractivity contribution >= 4 is 27.7 Å². The minimum Gasteiger partial charge on any atom is -0.512 e. The number of rotatable bonds is 3. The second-order valence-electron chi connectivity index (χ2n) is 11.6. The summed E-state index contributed by atoms with van der Waals surface area (Å²) < 4.78 is 6.55. The first-order chi connectivity index (χ1) is 17.4. The van der Waals surface area contributed by atoms with Crippen LogP contribution in [-0.4, -0.2) is 15.9 Å². The maximum absolute atomic E-state index is 10.0. The Bertz CT molecular complexity index is 1500. The molecular formula is C33H38IrNO3-. The summed E-state index contributed by atoms with van der Waals surface area (Å²) in [4.78, 5) is 14.7. The second-order valence-corrected chi connectivity index (χ2v) is 11.6. The summed E-state index contributed by atoms with van der Waals surface area (Å²) in [5.41, 5.74) is 11.1. The van der Waals surface area contributed by atoms with Gasteiger partial charge in [-0.1, -0.05) is 34.6 Å². The number of ketones is 1. The predicted octanol–water partition coefficient (Wildman–Crippen LogP) is 8.57. The van der Waals surface area contributed by atoms with E-state index < -0.39 is 0 Å². The fraction of sp³-hybridized carbons (Fsp3) is 0.394. The molecule has 0 bridgehead atoms. The number of aliphatic hydroxyl groups is 1. The average Bonchev–Trinajstić information content (AvgIpc) is 3.18. The van der Waals surface area contributed by atoms with Gasteiger partial charge in [-0.05, 0) is 80.2 Å². The molecule has 1 aliphatic rings. The molecular weight excluding hydrogens is 651 g/mol. The van der Waals surface area contributed by atoms with E-state index in [9.17, 15) is 4.79 Å². The van der Waals surface area contributed by atoms with Crippen molar-refractivity contribution in [3.05, 3.63) is 76.2 Å². The maximum Gasteiger partial charge on any atom is 0.155 e. The standard InChI is InChI=1S/C28H30NO.C5H8O2.Ir/c1-17-10-11-20(14-18(17)2)26-27-22(12-13-29-26)25-23(16-28(3,4)5)21-9-7-6-8-19(21)15-24(25)30-27;1-4(6)3-5(2)7;/h10,12-15H,6-9,16H2,1-5H3;3,6H,1-2H3;/q-1;;/b;4-3-;. The van der Waals surface area contributed by atoms with Crippen LogP contribution in [0.3, 0.4) is 0 Å². The third kappa shape index (κ3) is 6.62. The molecule has 1 N–H and O–H groups in total. The topological polar surface area (TPSA) is 63.3 Å². The normalized spacial score (nSPS) is 13.5. The number of benzene rings is 2. The molecule has 0 aliphatic heterocycles. The van der Waals surface area contributed by atoms with E-state index in [1.54, 1.807) is 5.56 Å². The Balaban J connectivity index is 0.000000444. The van der Waals surface area contributed by atoms with E-state index >= 15 is 0 Å². The average molecular weight is 689 g/mol. The molecule has 0 saturated carbocycles. The third-order valence-corrected chi connectivity index (χ3v) is 6.92. The summed E-state index contributed by atoms with van der Waals surface area (Å²) in [5, 5.41) is 10.9. The SMILES string of the molecule is CC(=O)/C=C(/C)O.Cc1c[c-]c(-c2nccc3c2oc2cc4c(c(CC(C)(C)C)c23)CCCC4)cc1C.[Ir]. The number of allylic oxidation sites excluding steroid dienone is 2. The van der Waals surface area contributed by atoms with Crippen molar-refractivity contribution in [2.45, 2.75) is 80.6 Å². The molecule has 1 aliphatic carbocycles. The molecule has 0 saturated heterocycles. The van der Waals surface area contributed by atoms with Gasteiger partial charge < -0.3 is 14.5 Å². The van der Waals surface area contributed by atoms with Crippen LogP contribution in [0.4, 0.5) is 0 Å². The van der Waals surface area contributed by atoms with E-state index in [0.29, 0.717) is 0 Å². The molecule has 5 heteroatoms. The summed E-state index contributed by atoms with van der Waals surface area (Å²) >= 11 is 0. The van der Waals surface area contributed by atoms with Gasteiger partial charge in [-0.2, -0.15) is 0 Å². The zero-order chi connectivity index (χ0) is 26.9. The summed E-state index contributed by atoms with van der Waals surface area (Å²) in [6.07, 6.45) is 9.07. The van der Waals surface area contributed by atoms with Crippen molar-refractivity contribution in [2.24, 2.45) is 5.41 Å². The van der Waals surface area contributed by atoms with Crippen molar-refractivity contribution in [2.75, 3.05) is 0 Å². The van der Waals surface area contributed by atoms with Gasteiger partial charge >= 0.3 is 0 Å². The number of fused-ring (bicyclic) bond motifs is 4. The van der Waals surface area contributed by atoms with Crippen LogP contribution in [0, 0.1) is 25.3 Å². The van der Waals surface area contributed by atoms with Crippen LogP contribution in [0.1, 0.15) is 75.3 Å². The number of carbonyl (C=O) groups excluding carboxylic acids is 1. The number of aryl methyl sites for hydroxylation is 3. The zero-order valence-corrected chi connectivity index (χ0v) is 25.9. The van der Waals surface area contributed by atoms with Crippen LogP contribution >= 0.6 is 0 Å². The van der Waals surface area contributed by atoms with Crippen LogP contribution in [0.5, 0.6) is 0 Å². The van der Waals surface area contributed by atoms with Crippen LogP contribution in [0.15, 0.2) is 46.7 Å². The number of pyridine rings is 1. The van der Waals surface area contributed by atoms with Crippen LogP contribution < -0.4 is 0 Å². The van der Waals surface area contributed by atoms with Gasteiger partial charge in [-0.15, -0.1) is 34.9 Å². The Morgan fingerprint density at radius 1 is 1.13 bits per heavy atom. The van der Waals surface area contributed by atoms with Gasteiger partial charge in [-0.3, -0.25) is 4.79 Å². The quantitative estimate of drug-likeness (QED) is 0.133. The van der Waals surface area contributed by atoms with Gasteiger partial charge in [0.1, 0.15) is 11.2 Å². The van der Waals surface area contributed by atoms with E-state index in [1.807, 2.05) is 6.20 Å². The smallest absolute Gasteiger partial charge is 0.155 e. The first-order valence-corrected chi connectivity index (χ1v) is 13.2. The van der Waals surface area contributed by atoms with E-state index in [-0.39, 0.29) is 37.1 Å². The van der Waals surface area contributed by atoms with Gasteiger partial charge in [0.2, 0.25) is 0 Å². The Kier molecular flexibility index (Phi) is 9.38. The molecule has 2 aromatic heterocycles. The molecule has 0 fully saturated rings. The zero-order valence-electron chi connectivity index (χ0n) is 23.5. The summed E-state index contributed by atoms with van der Waals surface area (Å²) in [6.45, 7) is 14.1. The third-order valence-electron chi connectivity index (χ3n) is 6.92. The number of hydrogen-bond donors (Lipinski definition) is 1. The monoisotopic (exact) mass is 689 g/mol. The van der Waals surface area contributed by atoms with Crippen molar-refractivity contribution < 1.29 is 34.4 Å². The molecule has 0 atom stereocenters. The predicted molar refractivity (Wildman–Crippen MR) is 152 cm³/mol. The van der Waals surface area contributed by atoms with Gasteiger partial charge in [0.05, 0.1) is 5.76 Å². The minimum atomic E-state index is -0.125. The van der Waals surface area contributed by atoms with Gasteiger partial charge in [0, 0.05) is 48.8 Å². The van der Waals surface area contributed by atoms with Crippen molar-refractivity contribution in [3.8, 4) is 11.3 Å². The van der Waals surface area contributed by atoms with Crippen molar-refractivity contribution in [1.29, 1.82) is 0 Å². The second kappa shape index (κ2) is 12.0. The number of hydrogen-bond acceptors (Lipinski definition) is 4. The first kappa shape index (κ1) is 29.8. The molecule has 4 nitrogen and oxygen atoms in total. The van der Waals surface area contributed by atoms with Crippen LogP contribution in [0.2, 0.25) is 0 Å². The number of furan rings is 1. The molecule has 0 unspecified atom stereocenters. The molecule has 4 aromatic rings. The Morgan fingerprint density at radius 3 is 2.45 bits per heavy atom. The van der Waals surface area contributed by atoms with Crippen LogP contribution in [-0.2, 0) is 44.2 Å². The molecule has 0 spiro atoms. The molecule has 203 valence electrons. The fourth-order valence-corrected chi connectivity index (χ4v) is 5.22. The number of nitrogens with zero attached hydrogens (tertiary/aromatic N) is 1. The summed E-state index contributed by atoms with van der Waals surface area (Å²) in [7, 11) is 0. The Hall–Kier alpha value is -2.75.